The third-order valence-electron chi connectivity index (χ3n) is 4.81. The van der Waals surface area contributed by atoms with Crippen LogP contribution in [0.5, 0.6) is 0 Å². The first-order chi connectivity index (χ1) is 11.5. The molecule has 0 spiro atoms. The Morgan fingerprint density at radius 3 is 2.71 bits per heavy atom. The van der Waals surface area contributed by atoms with Gasteiger partial charge >= 0.3 is 5.97 Å². The number of carboxylic acids is 1. The Kier molecular flexibility index (Phi) is 7.28. The number of rotatable bonds is 9. The lowest BCUT2D eigenvalue weighted by Crippen LogP contribution is -2.37. The van der Waals surface area contributed by atoms with E-state index in [1.807, 2.05) is 13.2 Å². The highest BCUT2D eigenvalue weighted by molar-refractivity contribution is 5.76. The van der Waals surface area contributed by atoms with Crippen LogP contribution < -0.4 is 5.32 Å². The molecule has 1 heterocycles. The maximum atomic E-state index is 12.2. The quantitative estimate of drug-likeness (QED) is 0.726. The minimum atomic E-state index is -0.798. The highest BCUT2D eigenvalue weighted by atomic mass is 16.4. The standard InChI is InChI=1S/C18H29N3O3/c1-21-13-15(12-19-21)7-9-17(22)20-16(8-10-18(23)24)11-14-5-3-2-4-6-14/h12-14,16H,2-11H2,1H3,(H,20,22)(H,23,24). The largest absolute Gasteiger partial charge is 0.481 e. The predicted octanol–water partition coefficient (Wildman–Crippen LogP) is 2.67. The summed E-state index contributed by atoms with van der Waals surface area (Å²) in [6.07, 6.45) is 12.5. The number of carboxylic acid groups (broad SMARTS) is 1. The molecule has 0 bridgehead atoms. The van der Waals surface area contributed by atoms with Gasteiger partial charge in [-0.15, -0.1) is 0 Å². The van der Waals surface area contributed by atoms with Crippen molar-refractivity contribution < 1.29 is 14.7 Å². The molecule has 2 N–H and O–H groups in total. The van der Waals surface area contributed by atoms with Crippen LogP contribution in [0.25, 0.3) is 0 Å². The second-order valence-electron chi connectivity index (χ2n) is 6.96. The normalized spacial score (nSPS) is 16.7. The summed E-state index contributed by atoms with van der Waals surface area (Å²) in [5.41, 5.74) is 1.04. The summed E-state index contributed by atoms with van der Waals surface area (Å²) >= 11 is 0. The summed E-state index contributed by atoms with van der Waals surface area (Å²) in [6.45, 7) is 0. The fraction of sp³-hybridized carbons (Fsp3) is 0.722. The van der Waals surface area contributed by atoms with Crippen LogP contribution >= 0.6 is 0 Å². The van der Waals surface area contributed by atoms with E-state index in [4.69, 9.17) is 5.11 Å². The highest BCUT2D eigenvalue weighted by Gasteiger charge is 2.21. The van der Waals surface area contributed by atoms with E-state index < -0.39 is 5.97 Å². The van der Waals surface area contributed by atoms with Crippen LogP contribution in [-0.2, 0) is 23.1 Å². The summed E-state index contributed by atoms with van der Waals surface area (Å²) in [7, 11) is 1.86. The zero-order valence-electron chi connectivity index (χ0n) is 14.5. The molecule has 1 fully saturated rings. The first-order valence-electron chi connectivity index (χ1n) is 9.01. The van der Waals surface area contributed by atoms with Gasteiger partial charge in [-0.25, -0.2) is 0 Å². The van der Waals surface area contributed by atoms with Crippen molar-refractivity contribution in [3.8, 4) is 0 Å². The Morgan fingerprint density at radius 1 is 1.33 bits per heavy atom. The molecule has 0 saturated heterocycles. The Labute approximate surface area is 143 Å². The van der Waals surface area contributed by atoms with Crippen LogP contribution in [0.4, 0.5) is 0 Å². The van der Waals surface area contributed by atoms with E-state index in [1.165, 1.54) is 32.1 Å². The molecule has 24 heavy (non-hydrogen) atoms. The number of aliphatic carboxylic acids is 1. The summed E-state index contributed by atoms with van der Waals surface area (Å²) in [5.74, 6) is -0.172. The number of hydrogen-bond donors (Lipinski definition) is 2. The molecule has 134 valence electrons. The lowest BCUT2D eigenvalue weighted by atomic mass is 9.84. The average Bonchev–Trinajstić information content (AvgIpc) is 2.97. The molecule has 1 amide bonds. The smallest absolute Gasteiger partial charge is 0.303 e. The van der Waals surface area contributed by atoms with Crippen molar-refractivity contribution in [3.63, 3.8) is 0 Å². The SMILES string of the molecule is Cn1cc(CCC(=O)NC(CCC(=O)O)CC2CCCCC2)cn1. The van der Waals surface area contributed by atoms with Crippen LogP contribution in [-0.4, -0.2) is 32.8 Å². The maximum absolute atomic E-state index is 12.2. The summed E-state index contributed by atoms with van der Waals surface area (Å²) in [4.78, 5) is 23.1. The Morgan fingerprint density at radius 2 is 2.08 bits per heavy atom. The van der Waals surface area contributed by atoms with Gasteiger partial charge in [-0.3, -0.25) is 14.3 Å². The van der Waals surface area contributed by atoms with E-state index in [0.717, 1.165) is 12.0 Å². The highest BCUT2D eigenvalue weighted by Crippen LogP contribution is 2.28. The zero-order chi connectivity index (χ0) is 17.4. The van der Waals surface area contributed by atoms with Crippen molar-refractivity contribution >= 4 is 11.9 Å². The lowest BCUT2D eigenvalue weighted by molar-refractivity contribution is -0.137. The third-order valence-corrected chi connectivity index (χ3v) is 4.81. The van der Waals surface area contributed by atoms with Gasteiger partial charge in [0, 0.05) is 32.1 Å². The minimum absolute atomic E-state index is 0.00468. The number of nitrogens with one attached hydrogen (secondary N) is 1. The minimum Gasteiger partial charge on any atom is -0.481 e. The van der Waals surface area contributed by atoms with Crippen molar-refractivity contribution in [1.29, 1.82) is 0 Å². The molecule has 1 aliphatic carbocycles. The van der Waals surface area contributed by atoms with Gasteiger partial charge in [0.25, 0.3) is 0 Å². The fourth-order valence-corrected chi connectivity index (χ4v) is 3.53. The van der Waals surface area contributed by atoms with Gasteiger partial charge in [0.05, 0.1) is 6.20 Å². The van der Waals surface area contributed by atoms with Crippen LogP contribution in [0.15, 0.2) is 12.4 Å². The summed E-state index contributed by atoms with van der Waals surface area (Å²) in [6, 6.07) is -0.0226. The molecule has 2 rings (SSSR count). The van der Waals surface area contributed by atoms with Crippen LogP contribution in [0.3, 0.4) is 0 Å². The number of carbonyl (C=O) groups is 2. The van der Waals surface area contributed by atoms with Gasteiger partial charge in [0.2, 0.25) is 5.91 Å². The van der Waals surface area contributed by atoms with Crippen molar-refractivity contribution in [2.24, 2.45) is 13.0 Å². The molecule has 0 aromatic carbocycles. The van der Waals surface area contributed by atoms with Gasteiger partial charge < -0.3 is 10.4 Å². The maximum Gasteiger partial charge on any atom is 0.303 e. The van der Waals surface area contributed by atoms with Gasteiger partial charge in [-0.05, 0) is 30.7 Å². The van der Waals surface area contributed by atoms with Gasteiger partial charge in [0.1, 0.15) is 0 Å². The number of aryl methyl sites for hydroxylation is 2. The predicted molar refractivity (Wildman–Crippen MR) is 91.5 cm³/mol. The first-order valence-corrected chi connectivity index (χ1v) is 9.01. The Hall–Kier alpha value is -1.85. The number of nitrogens with zero attached hydrogens (tertiary/aromatic N) is 2. The molecule has 1 aromatic heterocycles. The van der Waals surface area contributed by atoms with Crippen molar-refractivity contribution in [1.82, 2.24) is 15.1 Å². The summed E-state index contributed by atoms with van der Waals surface area (Å²) < 4.78 is 1.73. The summed E-state index contributed by atoms with van der Waals surface area (Å²) in [5, 5.41) is 16.1. The zero-order valence-corrected chi connectivity index (χ0v) is 14.5. The monoisotopic (exact) mass is 335 g/mol. The molecular formula is C18H29N3O3. The molecule has 1 unspecified atom stereocenters. The van der Waals surface area contributed by atoms with E-state index in [-0.39, 0.29) is 18.4 Å². The van der Waals surface area contributed by atoms with Crippen molar-refractivity contribution in [3.05, 3.63) is 18.0 Å². The second kappa shape index (κ2) is 9.45. The van der Waals surface area contributed by atoms with Gasteiger partial charge in [0.15, 0.2) is 0 Å². The molecular weight excluding hydrogens is 306 g/mol. The molecule has 1 aromatic rings. The number of carbonyl (C=O) groups excluding carboxylic acids is 1. The van der Waals surface area contributed by atoms with Crippen molar-refractivity contribution in [2.45, 2.75) is 70.3 Å². The molecule has 6 nitrogen and oxygen atoms in total. The average molecular weight is 335 g/mol. The van der Waals surface area contributed by atoms with Gasteiger partial charge in [-0.1, -0.05) is 32.1 Å². The fourth-order valence-electron chi connectivity index (χ4n) is 3.53. The first kappa shape index (κ1) is 18.5. The Balaban J connectivity index is 1.80. The number of hydrogen-bond acceptors (Lipinski definition) is 3. The topological polar surface area (TPSA) is 84.2 Å². The van der Waals surface area contributed by atoms with Crippen LogP contribution in [0.1, 0.15) is 63.4 Å². The Bertz CT molecular complexity index is 535. The van der Waals surface area contributed by atoms with Gasteiger partial charge in [-0.2, -0.15) is 5.10 Å². The lowest BCUT2D eigenvalue weighted by Gasteiger charge is -2.27. The molecule has 0 radical (unpaired) electrons. The van der Waals surface area contributed by atoms with E-state index in [9.17, 15) is 9.59 Å². The molecule has 1 saturated carbocycles. The van der Waals surface area contributed by atoms with E-state index >= 15 is 0 Å². The molecule has 1 atom stereocenters. The third kappa shape index (κ3) is 6.72. The number of amides is 1. The van der Waals surface area contributed by atoms with E-state index in [0.29, 0.717) is 25.2 Å². The van der Waals surface area contributed by atoms with E-state index in [1.54, 1.807) is 10.9 Å². The van der Waals surface area contributed by atoms with Crippen LogP contribution in [0, 0.1) is 5.92 Å². The second-order valence-corrected chi connectivity index (χ2v) is 6.96. The van der Waals surface area contributed by atoms with Crippen LogP contribution in [0.2, 0.25) is 0 Å². The molecule has 0 aliphatic heterocycles. The van der Waals surface area contributed by atoms with E-state index in [2.05, 4.69) is 10.4 Å². The molecule has 6 heteroatoms. The molecule has 1 aliphatic rings. The van der Waals surface area contributed by atoms with Crippen molar-refractivity contribution in [2.75, 3.05) is 0 Å². The number of aromatic nitrogens is 2.